The molecule has 25 heavy (non-hydrogen) atoms. The second-order valence-electron chi connectivity index (χ2n) is 7.68. The van der Waals surface area contributed by atoms with Crippen LogP contribution in [0.2, 0.25) is 0 Å². The van der Waals surface area contributed by atoms with E-state index in [9.17, 15) is 9.59 Å². The van der Waals surface area contributed by atoms with Crippen molar-refractivity contribution < 1.29 is 14.5 Å². The molecular weight excluding hydrogens is 314 g/mol. The summed E-state index contributed by atoms with van der Waals surface area (Å²) in [6.07, 6.45) is 6.74. The summed E-state index contributed by atoms with van der Waals surface area (Å²) in [7, 11) is 0. The van der Waals surface area contributed by atoms with Gasteiger partial charge in [0.15, 0.2) is 6.04 Å². The lowest BCUT2D eigenvalue weighted by molar-refractivity contribution is -0.924. The SMILES string of the molecule is CC(=O)Nc1ccc(NC(=O)[C@@H](C)[NH+]2CC[C@@H]3CCCC[C@@H]3C2)cc1. The maximum absolute atomic E-state index is 12.6. The highest BCUT2D eigenvalue weighted by Gasteiger charge is 2.37. The lowest BCUT2D eigenvalue weighted by atomic mass is 9.75. The molecule has 0 radical (unpaired) electrons. The van der Waals surface area contributed by atoms with E-state index in [1.807, 2.05) is 31.2 Å². The van der Waals surface area contributed by atoms with Gasteiger partial charge >= 0.3 is 0 Å². The zero-order valence-electron chi connectivity index (χ0n) is 15.3. The maximum Gasteiger partial charge on any atom is 0.282 e. The Labute approximate surface area is 150 Å². The van der Waals surface area contributed by atoms with E-state index in [1.165, 1.54) is 43.9 Å². The van der Waals surface area contributed by atoms with Gasteiger partial charge in [0.25, 0.3) is 5.91 Å². The van der Waals surface area contributed by atoms with Gasteiger partial charge < -0.3 is 15.5 Å². The molecule has 2 aliphatic rings. The van der Waals surface area contributed by atoms with Crippen LogP contribution in [0, 0.1) is 11.8 Å². The average Bonchev–Trinajstić information content (AvgIpc) is 2.62. The lowest BCUT2D eigenvalue weighted by Gasteiger charge is -2.40. The van der Waals surface area contributed by atoms with E-state index < -0.39 is 0 Å². The molecule has 1 aromatic rings. The summed E-state index contributed by atoms with van der Waals surface area (Å²) in [5, 5.41) is 5.75. The van der Waals surface area contributed by atoms with Crippen LogP contribution < -0.4 is 15.5 Å². The van der Waals surface area contributed by atoms with Gasteiger partial charge in [0, 0.05) is 24.2 Å². The molecule has 2 fully saturated rings. The molecule has 0 bridgehead atoms. The zero-order chi connectivity index (χ0) is 17.8. The summed E-state index contributed by atoms with van der Waals surface area (Å²) in [6.45, 7) is 5.77. The van der Waals surface area contributed by atoms with E-state index in [1.54, 1.807) is 0 Å². The Morgan fingerprint density at radius 1 is 1.00 bits per heavy atom. The summed E-state index contributed by atoms with van der Waals surface area (Å²) in [4.78, 5) is 25.1. The molecule has 1 aromatic carbocycles. The van der Waals surface area contributed by atoms with Crippen LogP contribution in [0.1, 0.15) is 46.0 Å². The standard InChI is InChI=1S/C20H29N3O2/c1-14(23-12-11-16-5-3-4-6-17(16)13-23)20(25)22-19-9-7-18(8-10-19)21-15(2)24/h7-10,14,16-17H,3-6,11-13H2,1-2H3,(H,21,24)(H,22,25)/p+1/t14-,16+,17-/m1/s1. The van der Waals surface area contributed by atoms with Gasteiger partial charge in [-0.25, -0.2) is 0 Å². The molecule has 1 aliphatic heterocycles. The summed E-state index contributed by atoms with van der Waals surface area (Å²) in [6, 6.07) is 7.25. The largest absolute Gasteiger partial charge is 0.326 e. The number of likely N-dealkylation sites (tertiary alicyclic amines) is 1. The van der Waals surface area contributed by atoms with Crippen molar-refractivity contribution in [3.63, 3.8) is 0 Å². The van der Waals surface area contributed by atoms with Crippen LogP contribution in [0.15, 0.2) is 24.3 Å². The summed E-state index contributed by atoms with van der Waals surface area (Å²) < 4.78 is 0. The van der Waals surface area contributed by atoms with Crippen LogP contribution in [0.3, 0.4) is 0 Å². The molecule has 4 atom stereocenters. The van der Waals surface area contributed by atoms with Gasteiger partial charge in [0.05, 0.1) is 13.1 Å². The minimum absolute atomic E-state index is 0.0297. The van der Waals surface area contributed by atoms with Crippen LogP contribution >= 0.6 is 0 Å². The molecule has 1 saturated carbocycles. The highest BCUT2D eigenvalue weighted by Crippen LogP contribution is 2.32. The van der Waals surface area contributed by atoms with Crippen molar-refractivity contribution in [1.82, 2.24) is 0 Å². The van der Waals surface area contributed by atoms with E-state index in [0.29, 0.717) is 0 Å². The predicted octanol–water partition coefficient (Wildman–Crippen LogP) is 2.07. The van der Waals surface area contributed by atoms with E-state index in [0.717, 1.165) is 36.3 Å². The number of carbonyl (C=O) groups is 2. The quantitative estimate of drug-likeness (QED) is 0.783. The van der Waals surface area contributed by atoms with Crippen molar-refractivity contribution in [3.8, 4) is 0 Å². The smallest absolute Gasteiger partial charge is 0.282 e. The number of fused-ring (bicyclic) bond motifs is 1. The molecular formula is C20H30N3O2+. The van der Waals surface area contributed by atoms with Crippen molar-refractivity contribution >= 4 is 23.2 Å². The van der Waals surface area contributed by atoms with Crippen LogP contribution in [0.25, 0.3) is 0 Å². The number of nitrogens with one attached hydrogen (secondary N) is 3. The highest BCUT2D eigenvalue weighted by molar-refractivity contribution is 5.94. The summed E-state index contributed by atoms with van der Waals surface area (Å²) >= 11 is 0. The number of benzene rings is 1. The molecule has 1 saturated heterocycles. The summed E-state index contributed by atoms with van der Waals surface area (Å²) in [5.41, 5.74) is 1.52. The number of piperidine rings is 1. The average molecular weight is 344 g/mol. The molecule has 2 amide bonds. The zero-order valence-corrected chi connectivity index (χ0v) is 15.3. The van der Waals surface area contributed by atoms with E-state index in [-0.39, 0.29) is 17.9 Å². The van der Waals surface area contributed by atoms with E-state index >= 15 is 0 Å². The second-order valence-corrected chi connectivity index (χ2v) is 7.68. The number of amides is 2. The first-order chi connectivity index (χ1) is 12.0. The van der Waals surface area contributed by atoms with Gasteiger partial charge in [-0.15, -0.1) is 0 Å². The lowest BCUT2D eigenvalue weighted by Crippen LogP contribution is -3.18. The molecule has 136 valence electrons. The summed E-state index contributed by atoms with van der Waals surface area (Å²) in [5.74, 6) is 1.69. The minimum Gasteiger partial charge on any atom is -0.326 e. The third kappa shape index (κ3) is 4.60. The topological polar surface area (TPSA) is 62.6 Å². The molecule has 1 unspecified atom stereocenters. The Hall–Kier alpha value is -1.88. The fourth-order valence-electron chi connectivity index (χ4n) is 4.41. The number of rotatable bonds is 4. The molecule has 1 heterocycles. The minimum atomic E-state index is -0.0971. The highest BCUT2D eigenvalue weighted by atomic mass is 16.2. The molecule has 3 N–H and O–H groups in total. The molecule has 3 rings (SSSR count). The number of hydrogen-bond acceptors (Lipinski definition) is 2. The monoisotopic (exact) mass is 344 g/mol. The fourth-order valence-corrected chi connectivity index (χ4v) is 4.41. The van der Waals surface area contributed by atoms with Crippen molar-refractivity contribution in [2.45, 2.75) is 52.0 Å². The first-order valence-electron chi connectivity index (χ1n) is 9.56. The second kappa shape index (κ2) is 8.00. The van der Waals surface area contributed by atoms with Crippen molar-refractivity contribution in [2.75, 3.05) is 23.7 Å². The van der Waals surface area contributed by atoms with Gasteiger partial charge in [0.2, 0.25) is 5.91 Å². The number of hydrogen-bond donors (Lipinski definition) is 3. The molecule has 5 heteroatoms. The third-order valence-corrected chi connectivity index (χ3v) is 5.91. The Bertz CT molecular complexity index is 614. The van der Waals surface area contributed by atoms with Crippen molar-refractivity contribution in [2.24, 2.45) is 11.8 Å². The number of quaternary nitrogens is 1. The molecule has 1 aliphatic carbocycles. The molecule has 0 aromatic heterocycles. The molecule has 5 nitrogen and oxygen atoms in total. The first kappa shape index (κ1) is 17.9. The van der Waals surface area contributed by atoms with Gasteiger partial charge in [-0.05, 0) is 56.4 Å². The van der Waals surface area contributed by atoms with Crippen LogP contribution in [0.5, 0.6) is 0 Å². The third-order valence-electron chi connectivity index (χ3n) is 5.91. The number of carbonyl (C=O) groups excluding carboxylic acids is 2. The van der Waals surface area contributed by atoms with Gasteiger partial charge in [-0.1, -0.05) is 12.8 Å². The van der Waals surface area contributed by atoms with Crippen LogP contribution in [-0.4, -0.2) is 30.9 Å². The van der Waals surface area contributed by atoms with Crippen LogP contribution in [-0.2, 0) is 9.59 Å². The normalized spacial score (nSPS) is 27.0. The fraction of sp³-hybridized carbons (Fsp3) is 0.600. The Morgan fingerprint density at radius 3 is 2.24 bits per heavy atom. The Kier molecular flexibility index (Phi) is 5.74. The van der Waals surface area contributed by atoms with Crippen molar-refractivity contribution in [1.29, 1.82) is 0 Å². The number of anilines is 2. The van der Waals surface area contributed by atoms with Crippen LogP contribution in [0.4, 0.5) is 11.4 Å². The van der Waals surface area contributed by atoms with E-state index in [4.69, 9.17) is 0 Å². The maximum atomic E-state index is 12.6. The van der Waals surface area contributed by atoms with Gasteiger partial charge in [0.1, 0.15) is 0 Å². The first-order valence-corrected chi connectivity index (χ1v) is 9.56. The van der Waals surface area contributed by atoms with Crippen molar-refractivity contribution in [3.05, 3.63) is 24.3 Å². The Balaban J connectivity index is 1.54. The van der Waals surface area contributed by atoms with Gasteiger partial charge in [-0.2, -0.15) is 0 Å². The predicted molar refractivity (Wildman–Crippen MR) is 99.6 cm³/mol. The Morgan fingerprint density at radius 2 is 1.60 bits per heavy atom. The van der Waals surface area contributed by atoms with E-state index in [2.05, 4.69) is 10.6 Å². The van der Waals surface area contributed by atoms with Gasteiger partial charge in [-0.3, -0.25) is 9.59 Å². The molecule has 0 spiro atoms.